The van der Waals surface area contributed by atoms with Crippen molar-refractivity contribution < 1.29 is 23.7 Å². The summed E-state index contributed by atoms with van der Waals surface area (Å²) in [6.45, 7) is 2.41. The average molecular weight is 390 g/mol. The minimum atomic E-state index is -0.332. The van der Waals surface area contributed by atoms with Crippen molar-refractivity contribution in [2.24, 2.45) is 0 Å². The van der Waals surface area contributed by atoms with Gasteiger partial charge in [-0.25, -0.2) is 0 Å². The van der Waals surface area contributed by atoms with Gasteiger partial charge in [0.25, 0.3) is 0 Å². The molecule has 3 aromatic carbocycles. The molecule has 0 saturated heterocycles. The molecule has 0 N–H and O–H groups in total. The molecule has 4 rings (SSSR count). The summed E-state index contributed by atoms with van der Waals surface area (Å²) in [5, 5.41) is 0. The van der Waals surface area contributed by atoms with Crippen LogP contribution in [0.15, 0.2) is 66.7 Å². The molecule has 5 heteroatoms. The number of carbonyl (C=O) groups excluding carboxylic acids is 1. The highest BCUT2D eigenvalue weighted by Gasteiger charge is 2.30. The van der Waals surface area contributed by atoms with Crippen LogP contribution < -0.4 is 18.9 Å². The van der Waals surface area contributed by atoms with Gasteiger partial charge in [0.1, 0.15) is 19.0 Å². The first kappa shape index (κ1) is 18.9. The molecule has 1 aliphatic heterocycles. The molecule has 0 fully saturated rings. The third-order valence-corrected chi connectivity index (χ3v) is 4.85. The molecule has 29 heavy (non-hydrogen) atoms. The largest absolute Gasteiger partial charge is 0.493 e. The number of hydrogen-bond donors (Lipinski definition) is 0. The molecule has 0 saturated carbocycles. The molecular weight excluding hydrogens is 368 g/mol. The normalized spacial score (nSPS) is 17.4. The summed E-state index contributed by atoms with van der Waals surface area (Å²) in [5.41, 5.74) is 2.53. The van der Waals surface area contributed by atoms with Crippen LogP contribution in [-0.2, 0) is 6.61 Å². The summed E-state index contributed by atoms with van der Waals surface area (Å²) in [5.74, 6) is 2.48. The maximum absolute atomic E-state index is 11.1. The Morgan fingerprint density at radius 1 is 0.931 bits per heavy atom. The second-order valence-corrected chi connectivity index (χ2v) is 6.87. The quantitative estimate of drug-likeness (QED) is 0.555. The summed E-state index contributed by atoms with van der Waals surface area (Å²) in [6.07, 6.45) is 0.255. The van der Waals surface area contributed by atoms with Crippen molar-refractivity contribution in [3.8, 4) is 23.0 Å². The number of fused-ring (bicyclic) bond motifs is 1. The molecule has 0 spiro atoms. The molecule has 1 heterocycles. The highest BCUT2D eigenvalue weighted by molar-refractivity contribution is 5.76. The lowest BCUT2D eigenvalue weighted by Crippen LogP contribution is -2.30. The Balaban J connectivity index is 1.55. The van der Waals surface area contributed by atoms with Crippen LogP contribution in [0.25, 0.3) is 0 Å². The molecule has 5 nitrogen and oxygen atoms in total. The lowest BCUT2D eigenvalue weighted by molar-refractivity contribution is 0.0305. The van der Waals surface area contributed by atoms with Crippen LogP contribution in [0.3, 0.4) is 0 Å². The molecule has 0 amide bonds. The van der Waals surface area contributed by atoms with Crippen LogP contribution in [0.5, 0.6) is 23.0 Å². The fourth-order valence-electron chi connectivity index (χ4n) is 3.34. The van der Waals surface area contributed by atoms with Crippen LogP contribution in [0.1, 0.15) is 34.5 Å². The van der Waals surface area contributed by atoms with Crippen molar-refractivity contribution in [3.63, 3.8) is 0 Å². The number of carbonyl (C=O) groups is 1. The molecule has 148 valence electrons. The van der Waals surface area contributed by atoms with E-state index in [1.54, 1.807) is 25.3 Å². The molecule has 0 bridgehead atoms. The smallest absolute Gasteiger partial charge is 0.163 e. The number of methoxy groups -OCH3 is 1. The lowest BCUT2D eigenvalue weighted by Gasteiger charge is -2.32. The van der Waals surface area contributed by atoms with E-state index in [0.29, 0.717) is 35.2 Å². The first-order valence-electron chi connectivity index (χ1n) is 9.45. The van der Waals surface area contributed by atoms with E-state index in [2.05, 4.69) is 0 Å². The molecule has 3 aromatic rings. The van der Waals surface area contributed by atoms with E-state index < -0.39 is 0 Å². The zero-order valence-electron chi connectivity index (χ0n) is 16.3. The number of benzene rings is 3. The van der Waals surface area contributed by atoms with Crippen LogP contribution in [-0.4, -0.2) is 19.5 Å². The van der Waals surface area contributed by atoms with Gasteiger partial charge >= 0.3 is 0 Å². The van der Waals surface area contributed by atoms with E-state index >= 15 is 0 Å². The molecule has 0 aliphatic carbocycles. The monoisotopic (exact) mass is 390 g/mol. The number of hydrogen-bond acceptors (Lipinski definition) is 5. The van der Waals surface area contributed by atoms with E-state index in [4.69, 9.17) is 18.9 Å². The van der Waals surface area contributed by atoms with E-state index in [1.807, 2.05) is 55.5 Å². The Kier molecular flexibility index (Phi) is 5.38. The number of ether oxygens (including phenoxy) is 4. The highest BCUT2D eigenvalue weighted by Crippen LogP contribution is 2.41. The van der Waals surface area contributed by atoms with Crippen LogP contribution in [0.4, 0.5) is 0 Å². The van der Waals surface area contributed by atoms with Gasteiger partial charge in [-0.05, 0) is 42.8 Å². The minimum absolute atomic E-state index is 0.203. The number of rotatable bonds is 6. The molecule has 2 atom stereocenters. The van der Waals surface area contributed by atoms with Crippen molar-refractivity contribution >= 4 is 6.29 Å². The summed E-state index contributed by atoms with van der Waals surface area (Å²) in [6, 6.07) is 20.9. The third-order valence-electron chi connectivity index (χ3n) is 4.85. The second-order valence-electron chi connectivity index (χ2n) is 6.87. The minimum Gasteiger partial charge on any atom is -0.493 e. The topological polar surface area (TPSA) is 54.0 Å². The Bertz CT molecular complexity index is 999. The fourth-order valence-corrected chi connectivity index (χ4v) is 3.34. The van der Waals surface area contributed by atoms with Gasteiger partial charge in [-0.15, -0.1) is 0 Å². The first-order chi connectivity index (χ1) is 14.2. The Morgan fingerprint density at radius 2 is 1.76 bits per heavy atom. The Morgan fingerprint density at radius 3 is 2.52 bits per heavy atom. The molecular formula is C24H22O5. The number of aldehydes is 1. The summed E-state index contributed by atoms with van der Waals surface area (Å²) in [4.78, 5) is 11.1. The molecule has 0 aromatic heterocycles. The SMILES string of the molecule is COc1cc([C@@H]2Oc3cc(C=O)ccc3O[C@@H]2C)ccc1OCc1ccccc1. The summed E-state index contributed by atoms with van der Waals surface area (Å²) in [7, 11) is 1.61. The van der Waals surface area contributed by atoms with Crippen molar-refractivity contribution in [2.45, 2.75) is 25.7 Å². The van der Waals surface area contributed by atoms with Gasteiger partial charge in [-0.1, -0.05) is 36.4 Å². The third kappa shape index (κ3) is 4.04. The van der Waals surface area contributed by atoms with E-state index in [1.165, 1.54) is 0 Å². The molecule has 0 radical (unpaired) electrons. The lowest BCUT2D eigenvalue weighted by atomic mass is 10.0. The zero-order valence-corrected chi connectivity index (χ0v) is 16.3. The van der Waals surface area contributed by atoms with E-state index in [0.717, 1.165) is 17.4 Å². The van der Waals surface area contributed by atoms with Crippen molar-refractivity contribution in [1.82, 2.24) is 0 Å². The van der Waals surface area contributed by atoms with Crippen LogP contribution in [0, 0.1) is 0 Å². The predicted octanol–water partition coefficient (Wildman–Crippen LogP) is 4.99. The van der Waals surface area contributed by atoms with Crippen molar-refractivity contribution in [1.29, 1.82) is 0 Å². The van der Waals surface area contributed by atoms with Crippen molar-refractivity contribution in [2.75, 3.05) is 7.11 Å². The van der Waals surface area contributed by atoms with E-state index in [-0.39, 0.29) is 12.2 Å². The second kappa shape index (κ2) is 8.27. The Hall–Kier alpha value is -3.47. The van der Waals surface area contributed by atoms with Gasteiger partial charge in [0, 0.05) is 11.1 Å². The highest BCUT2D eigenvalue weighted by atomic mass is 16.6. The first-order valence-corrected chi connectivity index (χ1v) is 9.45. The fraction of sp³-hybridized carbons (Fsp3) is 0.208. The van der Waals surface area contributed by atoms with Gasteiger partial charge in [-0.3, -0.25) is 4.79 Å². The standard InChI is InChI=1S/C24H22O5/c1-16-24(29-23-12-18(14-25)8-10-21(23)28-16)19-9-11-20(22(13-19)26-2)27-15-17-6-4-3-5-7-17/h3-14,16,24H,15H2,1-2H3/t16-,24-/m1/s1. The van der Waals surface area contributed by atoms with Gasteiger partial charge in [-0.2, -0.15) is 0 Å². The Labute approximate surface area is 169 Å². The van der Waals surface area contributed by atoms with Gasteiger partial charge < -0.3 is 18.9 Å². The van der Waals surface area contributed by atoms with Crippen LogP contribution >= 0.6 is 0 Å². The maximum Gasteiger partial charge on any atom is 0.163 e. The van der Waals surface area contributed by atoms with Crippen LogP contribution in [0.2, 0.25) is 0 Å². The average Bonchev–Trinajstić information content (AvgIpc) is 2.77. The van der Waals surface area contributed by atoms with Gasteiger partial charge in [0.15, 0.2) is 29.1 Å². The van der Waals surface area contributed by atoms with Crippen molar-refractivity contribution in [3.05, 3.63) is 83.4 Å². The zero-order chi connectivity index (χ0) is 20.2. The molecule has 0 unspecified atom stereocenters. The summed E-state index contributed by atoms with van der Waals surface area (Å²) >= 11 is 0. The van der Waals surface area contributed by atoms with Gasteiger partial charge in [0.2, 0.25) is 0 Å². The predicted molar refractivity (Wildman–Crippen MR) is 109 cm³/mol. The van der Waals surface area contributed by atoms with E-state index in [9.17, 15) is 4.79 Å². The molecule has 1 aliphatic rings. The maximum atomic E-state index is 11.1. The van der Waals surface area contributed by atoms with Gasteiger partial charge in [0.05, 0.1) is 7.11 Å². The summed E-state index contributed by atoms with van der Waals surface area (Å²) < 4.78 is 23.6.